The van der Waals surface area contributed by atoms with Crippen LogP contribution in [0.15, 0.2) is 15.9 Å². The molecule has 0 bridgehead atoms. The van der Waals surface area contributed by atoms with Crippen molar-refractivity contribution in [2.75, 3.05) is 10.7 Å². The van der Waals surface area contributed by atoms with E-state index in [9.17, 15) is 0 Å². The fraction of sp³-hybridized carbons (Fsp3) is 0.556. The summed E-state index contributed by atoms with van der Waals surface area (Å²) < 4.78 is 1.19. The molecule has 0 atom stereocenters. The molecule has 0 nitrogen and oxygen atoms in total. The highest BCUT2D eigenvalue weighted by atomic mass is 79.9. The molecule has 0 saturated heterocycles. The average molecular weight is 391 g/mol. The molecule has 0 fully saturated rings. The highest BCUT2D eigenvalue weighted by Crippen LogP contribution is 2.31. The quantitative estimate of drug-likeness (QED) is 0.645. The summed E-state index contributed by atoms with van der Waals surface area (Å²) in [4.78, 5) is 1.44. The van der Waals surface area contributed by atoms with Crippen molar-refractivity contribution in [3.8, 4) is 0 Å². The normalized spacial score (nSPS) is 12.0. The van der Waals surface area contributed by atoms with Gasteiger partial charge in [0.05, 0.1) is 0 Å². The average Bonchev–Trinajstić information content (AvgIpc) is 2.51. The minimum atomic E-state index is 0.324. The van der Waals surface area contributed by atoms with Gasteiger partial charge in [0.2, 0.25) is 0 Å². The molecule has 0 unspecified atom stereocenters. The summed E-state index contributed by atoms with van der Waals surface area (Å²) in [6.07, 6.45) is 1.12. The topological polar surface area (TPSA) is 0 Å². The molecule has 13 heavy (non-hydrogen) atoms. The zero-order valence-electron chi connectivity index (χ0n) is 7.32. The largest absolute Gasteiger partial charge is 0.148 e. The van der Waals surface area contributed by atoms with E-state index >= 15 is 0 Å². The summed E-state index contributed by atoms with van der Waals surface area (Å²) in [6.45, 7) is 2.28. The van der Waals surface area contributed by atoms with Crippen LogP contribution < -0.4 is 0 Å². The van der Waals surface area contributed by atoms with E-state index in [2.05, 4.69) is 66.2 Å². The number of alkyl halides is 2. The third-order valence-electron chi connectivity index (χ3n) is 1.87. The van der Waals surface area contributed by atoms with Gasteiger partial charge in [-0.2, -0.15) is 0 Å². The molecular weight excluding hydrogens is 380 g/mol. The summed E-state index contributed by atoms with van der Waals surface area (Å²) in [5.74, 6) is 0. The van der Waals surface area contributed by atoms with Gasteiger partial charge >= 0.3 is 0 Å². The van der Waals surface area contributed by atoms with Gasteiger partial charge in [0, 0.05) is 25.4 Å². The first-order chi connectivity index (χ1) is 6.09. The maximum atomic E-state index is 3.56. The Morgan fingerprint density at radius 3 is 2.38 bits per heavy atom. The van der Waals surface area contributed by atoms with Gasteiger partial charge in [-0.25, -0.2) is 0 Å². The van der Waals surface area contributed by atoms with Gasteiger partial charge < -0.3 is 0 Å². The second-order valence-corrected chi connectivity index (χ2v) is 6.52. The molecule has 0 spiro atoms. The molecule has 0 radical (unpaired) electrons. The van der Waals surface area contributed by atoms with Crippen molar-refractivity contribution >= 4 is 59.1 Å². The Bertz CT molecular complexity index is 266. The summed E-state index contributed by atoms with van der Waals surface area (Å²) in [5.41, 5.74) is 0.324. The molecule has 0 aliphatic carbocycles. The zero-order valence-corrected chi connectivity index (χ0v) is 12.9. The van der Waals surface area contributed by atoms with E-state index in [1.54, 1.807) is 0 Å². The first-order valence-corrected chi connectivity index (χ1v) is 7.86. The lowest BCUT2D eigenvalue weighted by molar-refractivity contribution is 0.442. The van der Waals surface area contributed by atoms with Crippen molar-refractivity contribution in [1.82, 2.24) is 0 Å². The van der Waals surface area contributed by atoms with Crippen molar-refractivity contribution in [2.45, 2.75) is 13.3 Å². The van der Waals surface area contributed by atoms with E-state index in [4.69, 9.17) is 0 Å². The Morgan fingerprint density at radius 1 is 1.38 bits per heavy atom. The molecule has 0 aromatic carbocycles. The predicted molar refractivity (Wildman–Crippen MR) is 71.4 cm³/mol. The Hall–Kier alpha value is 1.14. The van der Waals surface area contributed by atoms with Crippen LogP contribution in [0.3, 0.4) is 0 Å². The first-order valence-electron chi connectivity index (χ1n) is 3.94. The highest BCUT2D eigenvalue weighted by Gasteiger charge is 2.22. The van der Waals surface area contributed by atoms with Crippen LogP contribution in [-0.4, -0.2) is 10.7 Å². The lowest BCUT2D eigenvalue weighted by Gasteiger charge is -2.23. The van der Waals surface area contributed by atoms with Gasteiger partial charge in [-0.15, -0.1) is 11.3 Å². The van der Waals surface area contributed by atoms with Crippen molar-refractivity contribution in [3.05, 3.63) is 20.8 Å². The smallest absolute Gasteiger partial charge is 0.0285 e. The summed E-state index contributed by atoms with van der Waals surface area (Å²) in [7, 11) is 0. The van der Waals surface area contributed by atoms with Crippen molar-refractivity contribution in [3.63, 3.8) is 0 Å². The zero-order chi connectivity index (χ0) is 9.90. The van der Waals surface area contributed by atoms with Crippen LogP contribution in [-0.2, 0) is 6.42 Å². The first kappa shape index (κ1) is 12.2. The number of halogens is 3. The monoisotopic (exact) mass is 388 g/mol. The fourth-order valence-corrected chi connectivity index (χ4v) is 3.99. The maximum absolute atomic E-state index is 3.56. The lowest BCUT2D eigenvalue weighted by atomic mass is 9.91. The molecule has 0 saturated carbocycles. The standard InChI is InChI=1S/C9H11Br3S/c1-9(5-10,6-11)3-8-2-7(12)4-13-8/h2,4H,3,5-6H2,1H3. The second-order valence-electron chi connectivity index (χ2n) is 3.49. The van der Waals surface area contributed by atoms with Crippen LogP contribution in [0.25, 0.3) is 0 Å². The summed E-state index contributed by atoms with van der Waals surface area (Å²) in [6, 6.07) is 2.20. The Balaban J connectivity index is 2.67. The van der Waals surface area contributed by atoms with Crippen LogP contribution in [0.2, 0.25) is 0 Å². The molecule has 4 heteroatoms. The Labute approximate surface area is 108 Å². The van der Waals surface area contributed by atoms with E-state index in [1.807, 2.05) is 11.3 Å². The van der Waals surface area contributed by atoms with Gasteiger partial charge in [0.15, 0.2) is 0 Å². The molecule has 0 aliphatic heterocycles. The molecule has 1 rings (SSSR count). The maximum Gasteiger partial charge on any atom is 0.0285 e. The molecular formula is C9H11Br3S. The number of hydrogen-bond acceptors (Lipinski definition) is 1. The van der Waals surface area contributed by atoms with Crippen LogP contribution in [0.5, 0.6) is 0 Å². The highest BCUT2D eigenvalue weighted by molar-refractivity contribution is 9.10. The minimum absolute atomic E-state index is 0.324. The van der Waals surface area contributed by atoms with E-state index in [1.165, 1.54) is 9.35 Å². The van der Waals surface area contributed by atoms with E-state index in [-0.39, 0.29) is 0 Å². The number of thiophene rings is 1. The third-order valence-corrected chi connectivity index (χ3v) is 6.27. The van der Waals surface area contributed by atoms with Crippen LogP contribution >= 0.6 is 59.1 Å². The fourth-order valence-electron chi connectivity index (χ4n) is 0.997. The summed E-state index contributed by atoms with van der Waals surface area (Å²) in [5, 5.41) is 4.19. The Kier molecular flexibility index (Phi) is 4.97. The molecule has 0 aliphatic rings. The van der Waals surface area contributed by atoms with Gasteiger partial charge in [-0.3, -0.25) is 0 Å². The van der Waals surface area contributed by atoms with E-state index < -0.39 is 0 Å². The lowest BCUT2D eigenvalue weighted by Crippen LogP contribution is -2.22. The summed E-state index contributed by atoms with van der Waals surface area (Å²) >= 11 is 12.4. The third kappa shape index (κ3) is 3.65. The number of hydrogen-bond donors (Lipinski definition) is 0. The second kappa shape index (κ2) is 5.29. The molecule has 1 aromatic rings. The van der Waals surface area contributed by atoms with Crippen LogP contribution in [0.4, 0.5) is 0 Å². The van der Waals surface area contributed by atoms with Crippen LogP contribution in [0, 0.1) is 5.41 Å². The minimum Gasteiger partial charge on any atom is -0.148 e. The molecule has 1 heterocycles. The van der Waals surface area contributed by atoms with Crippen molar-refractivity contribution in [2.24, 2.45) is 5.41 Å². The molecule has 74 valence electrons. The van der Waals surface area contributed by atoms with Crippen molar-refractivity contribution < 1.29 is 0 Å². The van der Waals surface area contributed by atoms with Gasteiger partial charge in [-0.1, -0.05) is 38.8 Å². The van der Waals surface area contributed by atoms with Gasteiger partial charge in [-0.05, 0) is 33.8 Å². The van der Waals surface area contributed by atoms with Gasteiger partial charge in [0.25, 0.3) is 0 Å². The van der Waals surface area contributed by atoms with Crippen LogP contribution in [0.1, 0.15) is 11.8 Å². The van der Waals surface area contributed by atoms with Crippen molar-refractivity contribution in [1.29, 1.82) is 0 Å². The molecule has 0 N–H and O–H groups in total. The SMILES string of the molecule is CC(CBr)(CBr)Cc1cc(Br)cs1. The Morgan fingerprint density at radius 2 is 2.00 bits per heavy atom. The predicted octanol–water partition coefficient (Wildman–Crippen LogP) is 4.85. The van der Waals surface area contributed by atoms with E-state index in [0.717, 1.165) is 17.1 Å². The number of rotatable bonds is 4. The van der Waals surface area contributed by atoms with E-state index in [0.29, 0.717) is 5.41 Å². The molecule has 1 aromatic heterocycles. The molecule has 0 amide bonds. The van der Waals surface area contributed by atoms with Gasteiger partial charge in [0.1, 0.15) is 0 Å².